The summed E-state index contributed by atoms with van der Waals surface area (Å²) in [6, 6.07) is 6.69. The molecule has 0 radical (unpaired) electrons. The van der Waals surface area contributed by atoms with Crippen LogP contribution in [0.15, 0.2) is 28.8 Å². The molecular weight excluding hydrogens is 232 g/mol. The van der Waals surface area contributed by atoms with E-state index in [1.165, 1.54) is 0 Å². The lowest BCUT2D eigenvalue weighted by atomic mass is 10.1. The van der Waals surface area contributed by atoms with Gasteiger partial charge in [-0.15, -0.1) is 0 Å². The average Bonchev–Trinajstić information content (AvgIpc) is 2.67. The number of aromatic carboxylic acids is 1. The molecule has 0 atom stereocenters. The van der Waals surface area contributed by atoms with E-state index in [1.54, 1.807) is 18.2 Å². The Kier molecular flexibility index (Phi) is 3.32. The molecule has 1 aromatic heterocycles. The fourth-order valence-corrected chi connectivity index (χ4v) is 1.71. The van der Waals surface area contributed by atoms with Crippen molar-refractivity contribution in [2.75, 3.05) is 5.32 Å². The summed E-state index contributed by atoms with van der Waals surface area (Å²) >= 11 is 0. The van der Waals surface area contributed by atoms with Crippen molar-refractivity contribution in [1.29, 1.82) is 0 Å². The minimum atomic E-state index is -0.934. The standard InChI is InChI=1S/C13H14N2O3/c1-8-12(9(2)18-15-8)7-14-11-5-3-4-10(6-11)13(16)17/h3-6,14H,7H2,1-2H3,(H,16,17). The van der Waals surface area contributed by atoms with Crippen molar-refractivity contribution >= 4 is 11.7 Å². The lowest BCUT2D eigenvalue weighted by Crippen LogP contribution is -2.03. The zero-order valence-electron chi connectivity index (χ0n) is 10.2. The average molecular weight is 246 g/mol. The Morgan fingerprint density at radius 1 is 1.44 bits per heavy atom. The first-order valence-corrected chi connectivity index (χ1v) is 5.57. The van der Waals surface area contributed by atoms with Crippen molar-refractivity contribution in [3.05, 3.63) is 46.8 Å². The van der Waals surface area contributed by atoms with E-state index in [0.29, 0.717) is 6.54 Å². The maximum absolute atomic E-state index is 10.8. The third-order valence-electron chi connectivity index (χ3n) is 2.76. The Morgan fingerprint density at radius 2 is 2.22 bits per heavy atom. The van der Waals surface area contributed by atoms with Gasteiger partial charge in [0.1, 0.15) is 5.76 Å². The second-order valence-electron chi connectivity index (χ2n) is 4.04. The van der Waals surface area contributed by atoms with Gasteiger partial charge in [-0.25, -0.2) is 4.79 Å². The molecule has 94 valence electrons. The second-order valence-corrected chi connectivity index (χ2v) is 4.04. The Labute approximate surface area is 104 Å². The van der Waals surface area contributed by atoms with Gasteiger partial charge in [-0.2, -0.15) is 0 Å². The van der Waals surface area contributed by atoms with Gasteiger partial charge in [-0.3, -0.25) is 0 Å². The normalized spacial score (nSPS) is 10.3. The number of carbonyl (C=O) groups is 1. The molecule has 5 nitrogen and oxygen atoms in total. The molecule has 18 heavy (non-hydrogen) atoms. The van der Waals surface area contributed by atoms with Gasteiger partial charge in [-0.05, 0) is 32.0 Å². The van der Waals surface area contributed by atoms with Gasteiger partial charge in [-0.1, -0.05) is 11.2 Å². The summed E-state index contributed by atoms with van der Waals surface area (Å²) in [5.41, 5.74) is 2.86. The van der Waals surface area contributed by atoms with Crippen LogP contribution in [0.5, 0.6) is 0 Å². The lowest BCUT2D eigenvalue weighted by molar-refractivity contribution is 0.0697. The van der Waals surface area contributed by atoms with Gasteiger partial charge in [0.05, 0.1) is 11.3 Å². The molecule has 2 aromatic rings. The number of hydrogen-bond acceptors (Lipinski definition) is 4. The van der Waals surface area contributed by atoms with Gasteiger partial charge < -0.3 is 14.9 Å². The number of aromatic nitrogens is 1. The van der Waals surface area contributed by atoms with Crippen LogP contribution >= 0.6 is 0 Å². The highest BCUT2D eigenvalue weighted by molar-refractivity contribution is 5.88. The molecule has 1 aromatic carbocycles. The summed E-state index contributed by atoms with van der Waals surface area (Å²) in [5.74, 6) is -0.162. The minimum Gasteiger partial charge on any atom is -0.478 e. The fourth-order valence-electron chi connectivity index (χ4n) is 1.71. The first kappa shape index (κ1) is 12.2. The Bertz CT molecular complexity index is 556. The molecule has 0 aliphatic carbocycles. The fraction of sp³-hybridized carbons (Fsp3) is 0.231. The quantitative estimate of drug-likeness (QED) is 0.867. The second kappa shape index (κ2) is 4.91. The summed E-state index contributed by atoms with van der Waals surface area (Å²) in [6.07, 6.45) is 0. The van der Waals surface area contributed by atoms with Crippen LogP contribution in [0.3, 0.4) is 0 Å². The SMILES string of the molecule is Cc1noc(C)c1CNc1cccc(C(=O)O)c1. The van der Waals surface area contributed by atoms with Crippen molar-refractivity contribution in [2.24, 2.45) is 0 Å². The van der Waals surface area contributed by atoms with Gasteiger partial charge in [0.25, 0.3) is 0 Å². The molecule has 5 heteroatoms. The predicted octanol–water partition coefficient (Wildman–Crippen LogP) is 2.60. The van der Waals surface area contributed by atoms with E-state index in [9.17, 15) is 4.79 Å². The third kappa shape index (κ3) is 2.51. The highest BCUT2D eigenvalue weighted by Crippen LogP contribution is 2.16. The molecule has 2 rings (SSSR count). The maximum Gasteiger partial charge on any atom is 0.335 e. The molecule has 0 saturated carbocycles. The van der Waals surface area contributed by atoms with Crippen molar-refractivity contribution in [2.45, 2.75) is 20.4 Å². The van der Waals surface area contributed by atoms with Crippen LogP contribution in [0.2, 0.25) is 0 Å². The van der Waals surface area contributed by atoms with Gasteiger partial charge >= 0.3 is 5.97 Å². The first-order chi connectivity index (χ1) is 8.58. The summed E-state index contributed by atoms with van der Waals surface area (Å²) < 4.78 is 5.06. The number of carboxylic acids is 1. The molecule has 0 unspecified atom stereocenters. The number of benzene rings is 1. The van der Waals surface area contributed by atoms with Crippen molar-refractivity contribution in [3.8, 4) is 0 Å². The van der Waals surface area contributed by atoms with E-state index in [4.69, 9.17) is 9.63 Å². The Hall–Kier alpha value is -2.30. The van der Waals surface area contributed by atoms with E-state index in [-0.39, 0.29) is 5.56 Å². The van der Waals surface area contributed by atoms with Crippen molar-refractivity contribution in [3.63, 3.8) is 0 Å². The minimum absolute atomic E-state index is 0.263. The number of nitrogens with zero attached hydrogens (tertiary/aromatic N) is 1. The predicted molar refractivity (Wildman–Crippen MR) is 66.7 cm³/mol. The maximum atomic E-state index is 10.8. The van der Waals surface area contributed by atoms with E-state index < -0.39 is 5.97 Å². The molecule has 0 aliphatic heterocycles. The smallest absolute Gasteiger partial charge is 0.335 e. The van der Waals surface area contributed by atoms with Gasteiger partial charge in [0.2, 0.25) is 0 Å². The monoisotopic (exact) mass is 246 g/mol. The van der Waals surface area contributed by atoms with Crippen molar-refractivity contribution < 1.29 is 14.4 Å². The molecule has 2 N–H and O–H groups in total. The van der Waals surface area contributed by atoms with Gasteiger partial charge in [0.15, 0.2) is 0 Å². The molecular formula is C13H14N2O3. The Morgan fingerprint density at radius 3 is 2.83 bits per heavy atom. The van der Waals surface area contributed by atoms with Crippen LogP contribution in [0.25, 0.3) is 0 Å². The van der Waals surface area contributed by atoms with Crippen LogP contribution in [0.4, 0.5) is 5.69 Å². The zero-order chi connectivity index (χ0) is 13.1. The van der Waals surface area contributed by atoms with E-state index >= 15 is 0 Å². The molecule has 0 saturated heterocycles. The van der Waals surface area contributed by atoms with E-state index in [0.717, 1.165) is 22.7 Å². The number of rotatable bonds is 4. The van der Waals surface area contributed by atoms with Crippen LogP contribution in [-0.2, 0) is 6.54 Å². The van der Waals surface area contributed by atoms with E-state index in [2.05, 4.69) is 10.5 Å². The summed E-state index contributed by atoms with van der Waals surface area (Å²) in [5, 5.41) is 15.9. The number of anilines is 1. The molecule has 0 aliphatic rings. The molecule has 0 fully saturated rings. The molecule has 1 heterocycles. The van der Waals surface area contributed by atoms with Crippen molar-refractivity contribution in [1.82, 2.24) is 5.16 Å². The Balaban J connectivity index is 2.11. The summed E-state index contributed by atoms with van der Waals surface area (Å²) in [4.78, 5) is 10.8. The molecule has 0 bridgehead atoms. The van der Waals surface area contributed by atoms with Crippen LogP contribution in [0.1, 0.15) is 27.4 Å². The number of aryl methyl sites for hydroxylation is 2. The molecule has 0 spiro atoms. The van der Waals surface area contributed by atoms with Crippen LogP contribution < -0.4 is 5.32 Å². The third-order valence-corrected chi connectivity index (χ3v) is 2.76. The summed E-state index contributed by atoms with van der Waals surface area (Å²) in [7, 11) is 0. The zero-order valence-corrected chi connectivity index (χ0v) is 10.2. The summed E-state index contributed by atoms with van der Waals surface area (Å²) in [6.45, 7) is 4.29. The van der Waals surface area contributed by atoms with Crippen LogP contribution in [0, 0.1) is 13.8 Å². The lowest BCUT2D eigenvalue weighted by Gasteiger charge is -2.06. The van der Waals surface area contributed by atoms with Crippen LogP contribution in [-0.4, -0.2) is 16.2 Å². The number of carboxylic acid groups (broad SMARTS) is 1. The number of nitrogens with one attached hydrogen (secondary N) is 1. The first-order valence-electron chi connectivity index (χ1n) is 5.57. The topological polar surface area (TPSA) is 75.4 Å². The largest absolute Gasteiger partial charge is 0.478 e. The van der Waals surface area contributed by atoms with E-state index in [1.807, 2.05) is 19.9 Å². The number of hydrogen-bond donors (Lipinski definition) is 2. The highest BCUT2D eigenvalue weighted by Gasteiger charge is 2.09. The highest BCUT2D eigenvalue weighted by atomic mass is 16.5. The van der Waals surface area contributed by atoms with Gasteiger partial charge in [0, 0.05) is 17.8 Å². The molecule has 0 amide bonds.